The van der Waals surface area contributed by atoms with Crippen LogP contribution in [-0.2, 0) is 4.79 Å². The van der Waals surface area contributed by atoms with Gasteiger partial charge in [-0.05, 0) is 27.6 Å². The molecule has 0 aromatic heterocycles. The minimum absolute atomic E-state index is 0.201. The van der Waals surface area contributed by atoms with Crippen LogP contribution in [0, 0.1) is 11.3 Å². The molecule has 0 radical (unpaired) electrons. The topological polar surface area (TPSA) is 65.2 Å². The molecule has 4 nitrogen and oxygen atoms in total. The summed E-state index contributed by atoms with van der Waals surface area (Å²) < 4.78 is 0. The molecule has 0 aliphatic carbocycles. The Labute approximate surface area is 127 Å². The van der Waals surface area contributed by atoms with Gasteiger partial charge in [0.05, 0.1) is 12.3 Å². The van der Waals surface area contributed by atoms with Crippen molar-refractivity contribution in [2.75, 3.05) is 0 Å². The zero-order chi connectivity index (χ0) is 15.4. The van der Waals surface area contributed by atoms with E-state index in [-0.39, 0.29) is 6.42 Å². The number of carbonyl (C=O) groups is 1. The van der Waals surface area contributed by atoms with Gasteiger partial charge in [0.1, 0.15) is 6.42 Å². The molecule has 0 saturated heterocycles. The normalized spacial score (nSPS) is 10.9. The molecule has 3 aromatic carbocycles. The highest BCUT2D eigenvalue weighted by Crippen LogP contribution is 2.27. The Bertz CT molecular complexity index is 868. The third-order valence-electron chi connectivity index (χ3n) is 3.44. The third kappa shape index (κ3) is 2.65. The van der Waals surface area contributed by atoms with Crippen LogP contribution >= 0.6 is 0 Å². The van der Waals surface area contributed by atoms with Gasteiger partial charge in [0.2, 0.25) is 0 Å². The summed E-state index contributed by atoms with van der Waals surface area (Å²) in [5.41, 5.74) is 3.32. The highest BCUT2D eigenvalue weighted by Gasteiger charge is 2.05. The van der Waals surface area contributed by atoms with Crippen molar-refractivity contribution in [2.24, 2.45) is 5.10 Å². The Morgan fingerprint density at radius 3 is 2.27 bits per heavy atom. The molecule has 0 fully saturated rings. The Morgan fingerprint density at radius 1 is 1.09 bits per heavy atom. The second kappa shape index (κ2) is 6.06. The lowest BCUT2D eigenvalue weighted by Gasteiger charge is -2.07. The van der Waals surface area contributed by atoms with Crippen molar-refractivity contribution >= 4 is 33.7 Å². The monoisotopic (exact) mass is 287 g/mol. The number of nitrogens with one attached hydrogen (secondary N) is 1. The molecule has 106 valence electrons. The average molecular weight is 287 g/mol. The molecule has 0 aliphatic heterocycles. The number of benzene rings is 3. The Morgan fingerprint density at radius 2 is 1.68 bits per heavy atom. The summed E-state index contributed by atoms with van der Waals surface area (Å²) in [5.74, 6) is -0.414. The van der Waals surface area contributed by atoms with Crippen LogP contribution in [0.3, 0.4) is 0 Å². The second-order valence-electron chi connectivity index (χ2n) is 4.86. The Balaban J connectivity index is 2.10. The van der Waals surface area contributed by atoms with Crippen LogP contribution in [-0.4, -0.2) is 12.1 Å². The van der Waals surface area contributed by atoms with Gasteiger partial charge in [0, 0.05) is 5.56 Å². The number of hydrazone groups is 1. The molecule has 0 atom stereocenters. The summed E-state index contributed by atoms with van der Waals surface area (Å²) in [4.78, 5) is 11.3. The van der Waals surface area contributed by atoms with Gasteiger partial charge < -0.3 is 0 Å². The van der Waals surface area contributed by atoms with Gasteiger partial charge in [-0.25, -0.2) is 5.43 Å². The van der Waals surface area contributed by atoms with Gasteiger partial charge in [0.25, 0.3) is 5.91 Å². The van der Waals surface area contributed by atoms with Crippen LogP contribution in [0.2, 0.25) is 0 Å². The van der Waals surface area contributed by atoms with E-state index in [1.165, 1.54) is 0 Å². The summed E-state index contributed by atoms with van der Waals surface area (Å²) in [6, 6.07) is 20.0. The molecule has 3 rings (SSSR count). The smallest absolute Gasteiger partial charge is 0.254 e. The maximum absolute atomic E-state index is 11.3. The van der Waals surface area contributed by atoms with E-state index in [1.807, 2.05) is 48.5 Å². The van der Waals surface area contributed by atoms with Gasteiger partial charge in [-0.2, -0.15) is 10.4 Å². The Kier molecular flexibility index (Phi) is 3.80. The molecule has 3 aromatic rings. The van der Waals surface area contributed by atoms with Crippen molar-refractivity contribution in [2.45, 2.75) is 6.42 Å². The summed E-state index contributed by atoms with van der Waals surface area (Å²) in [7, 11) is 0. The predicted molar refractivity (Wildman–Crippen MR) is 87.4 cm³/mol. The largest absolute Gasteiger partial charge is 0.272 e. The van der Waals surface area contributed by atoms with Gasteiger partial charge in [0.15, 0.2) is 0 Å². The van der Waals surface area contributed by atoms with E-state index in [0.29, 0.717) is 0 Å². The molecule has 0 aliphatic rings. The number of carbonyl (C=O) groups excluding carboxylic acids is 1. The third-order valence-corrected chi connectivity index (χ3v) is 3.44. The zero-order valence-electron chi connectivity index (χ0n) is 11.8. The molecular formula is C18H13N3O. The number of rotatable bonds is 3. The first-order valence-electron chi connectivity index (χ1n) is 6.89. The Hall–Kier alpha value is -3.19. The first-order valence-corrected chi connectivity index (χ1v) is 6.89. The predicted octanol–water partition coefficient (Wildman–Crippen LogP) is 3.36. The van der Waals surface area contributed by atoms with E-state index in [2.05, 4.69) is 16.6 Å². The fraction of sp³-hybridized carbons (Fsp3) is 0.0556. The molecule has 0 bridgehead atoms. The maximum atomic E-state index is 11.3. The summed E-state index contributed by atoms with van der Waals surface area (Å²) >= 11 is 0. The lowest BCUT2D eigenvalue weighted by Crippen LogP contribution is -2.16. The lowest BCUT2D eigenvalue weighted by molar-refractivity contribution is -0.120. The number of nitrogens with zero attached hydrogens (tertiary/aromatic N) is 2. The molecule has 0 saturated carbocycles. The number of fused-ring (bicyclic) bond motifs is 2. The van der Waals surface area contributed by atoms with E-state index in [1.54, 1.807) is 12.3 Å². The minimum Gasteiger partial charge on any atom is -0.272 e. The lowest BCUT2D eigenvalue weighted by atomic mass is 9.97. The van der Waals surface area contributed by atoms with Crippen LogP contribution in [0.15, 0.2) is 59.7 Å². The van der Waals surface area contributed by atoms with Crippen LogP contribution < -0.4 is 5.43 Å². The van der Waals surface area contributed by atoms with Crippen molar-refractivity contribution in [1.29, 1.82) is 5.26 Å². The molecule has 1 amide bonds. The van der Waals surface area contributed by atoms with Crippen molar-refractivity contribution in [3.05, 3.63) is 60.2 Å². The molecule has 1 N–H and O–H groups in total. The number of hydrogen-bond acceptors (Lipinski definition) is 3. The number of nitriles is 1. The summed E-state index contributed by atoms with van der Waals surface area (Å²) in [5, 5.41) is 16.8. The average Bonchev–Trinajstić information content (AvgIpc) is 2.54. The van der Waals surface area contributed by atoms with Crippen LogP contribution in [0.25, 0.3) is 21.5 Å². The highest BCUT2D eigenvalue weighted by atomic mass is 16.2. The fourth-order valence-electron chi connectivity index (χ4n) is 2.47. The first kappa shape index (κ1) is 13.8. The second-order valence-corrected chi connectivity index (χ2v) is 4.86. The van der Waals surface area contributed by atoms with Crippen molar-refractivity contribution in [3.63, 3.8) is 0 Å². The van der Waals surface area contributed by atoms with E-state index in [9.17, 15) is 4.79 Å². The van der Waals surface area contributed by atoms with Gasteiger partial charge in [-0.15, -0.1) is 0 Å². The van der Waals surface area contributed by atoms with E-state index >= 15 is 0 Å². The molecule has 0 heterocycles. The van der Waals surface area contributed by atoms with Crippen LogP contribution in [0.5, 0.6) is 0 Å². The summed E-state index contributed by atoms with van der Waals surface area (Å²) in [6.07, 6.45) is 1.44. The van der Waals surface area contributed by atoms with Gasteiger partial charge in [-0.1, -0.05) is 48.5 Å². The molecule has 22 heavy (non-hydrogen) atoms. The van der Waals surface area contributed by atoms with E-state index < -0.39 is 5.91 Å². The standard InChI is InChI=1S/C18H13N3O/c19-10-9-18(22)21-20-12-17-15-7-3-1-5-13(15)11-14-6-2-4-8-16(14)17/h1-8,11-12H,9H2,(H,21,22)/b20-12-. The van der Waals surface area contributed by atoms with Crippen LogP contribution in [0.4, 0.5) is 0 Å². The number of amides is 1. The fourth-order valence-corrected chi connectivity index (χ4v) is 2.47. The van der Waals surface area contributed by atoms with E-state index in [4.69, 9.17) is 5.26 Å². The summed E-state index contributed by atoms with van der Waals surface area (Å²) in [6.45, 7) is 0. The van der Waals surface area contributed by atoms with Gasteiger partial charge in [-0.3, -0.25) is 4.79 Å². The molecular weight excluding hydrogens is 274 g/mol. The molecule has 0 spiro atoms. The zero-order valence-corrected chi connectivity index (χ0v) is 11.8. The number of hydrogen-bond donors (Lipinski definition) is 1. The quantitative estimate of drug-likeness (QED) is 0.456. The molecule has 4 heteroatoms. The first-order chi connectivity index (χ1) is 10.8. The molecule has 0 unspecified atom stereocenters. The van der Waals surface area contributed by atoms with Crippen molar-refractivity contribution in [1.82, 2.24) is 5.43 Å². The van der Waals surface area contributed by atoms with E-state index in [0.717, 1.165) is 27.1 Å². The SMILES string of the molecule is N#CCC(=O)N/N=C\c1c2ccccc2cc2ccccc12. The van der Waals surface area contributed by atoms with Crippen molar-refractivity contribution < 1.29 is 4.79 Å². The van der Waals surface area contributed by atoms with Crippen LogP contribution in [0.1, 0.15) is 12.0 Å². The highest BCUT2D eigenvalue weighted by molar-refractivity contribution is 6.13. The minimum atomic E-state index is -0.414. The maximum Gasteiger partial charge on any atom is 0.254 e. The van der Waals surface area contributed by atoms with Gasteiger partial charge >= 0.3 is 0 Å². The van der Waals surface area contributed by atoms with Crippen molar-refractivity contribution in [3.8, 4) is 6.07 Å².